The minimum Gasteiger partial charge on any atom is -0.392 e. The molecule has 1 amide bonds. The van der Waals surface area contributed by atoms with Gasteiger partial charge in [-0.2, -0.15) is 0 Å². The van der Waals surface area contributed by atoms with E-state index in [9.17, 15) is 9.90 Å². The van der Waals surface area contributed by atoms with Crippen LogP contribution >= 0.6 is 0 Å². The number of morpholine rings is 1. The molecule has 0 saturated carbocycles. The molecule has 3 unspecified atom stereocenters. The van der Waals surface area contributed by atoms with E-state index in [2.05, 4.69) is 46.6 Å². The molecule has 2 N–H and O–H groups in total. The SMILES string of the molecule is O=C(NCc1cccc(-c2ccc(C3OC(CN4CCOCC4)CC(c4ccc(CO)cc4)O3)cc2)c1)c1ccccc1. The molecule has 2 saturated heterocycles. The Kier molecular flexibility index (Phi) is 9.57. The van der Waals surface area contributed by atoms with Crippen molar-refractivity contribution in [2.24, 2.45) is 0 Å². The first-order chi connectivity index (χ1) is 21.1. The second-order valence-electron chi connectivity index (χ2n) is 11.1. The quantitative estimate of drug-likeness (QED) is 0.267. The Morgan fingerprint density at radius 1 is 0.791 bits per heavy atom. The first-order valence-electron chi connectivity index (χ1n) is 15.0. The molecule has 0 aromatic heterocycles. The van der Waals surface area contributed by atoms with Crippen LogP contribution in [0.2, 0.25) is 0 Å². The number of ether oxygens (including phenoxy) is 3. The number of hydrogen-bond donors (Lipinski definition) is 2. The maximum absolute atomic E-state index is 12.5. The lowest BCUT2D eigenvalue weighted by atomic mass is 9.99. The van der Waals surface area contributed by atoms with E-state index in [1.54, 1.807) is 0 Å². The lowest BCUT2D eigenvalue weighted by Crippen LogP contribution is -2.44. The fraction of sp³-hybridized carbons (Fsp3) is 0.306. The molecule has 7 heteroatoms. The van der Waals surface area contributed by atoms with Gasteiger partial charge in [0.05, 0.1) is 32.0 Å². The number of hydrogen-bond acceptors (Lipinski definition) is 6. The third kappa shape index (κ3) is 7.57. The van der Waals surface area contributed by atoms with Gasteiger partial charge in [0.15, 0.2) is 6.29 Å². The van der Waals surface area contributed by atoms with E-state index in [0.717, 1.165) is 72.6 Å². The van der Waals surface area contributed by atoms with Gasteiger partial charge in [-0.05, 0) is 46.0 Å². The van der Waals surface area contributed by atoms with Gasteiger partial charge in [-0.15, -0.1) is 0 Å². The van der Waals surface area contributed by atoms with Crippen LogP contribution in [0.1, 0.15) is 51.4 Å². The fourth-order valence-electron chi connectivity index (χ4n) is 5.67. The number of carbonyl (C=O) groups is 1. The van der Waals surface area contributed by atoms with Crippen LogP contribution in [-0.2, 0) is 27.4 Å². The smallest absolute Gasteiger partial charge is 0.251 e. The summed E-state index contributed by atoms with van der Waals surface area (Å²) in [6.07, 6.45) is 0.176. The van der Waals surface area contributed by atoms with Gasteiger partial charge in [0.1, 0.15) is 0 Å². The van der Waals surface area contributed by atoms with Crippen molar-refractivity contribution in [2.75, 3.05) is 32.8 Å². The van der Waals surface area contributed by atoms with E-state index in [-0.39, 0.29) is 24.7 Å². The minimum atomic E-state index is -0.490. The summed E-state index contributed by atoms with van der Waals surface area (Å²) in [7, 11) is 0. The highest BCUT2D eigenvalue weighted by Gasteiger charge is 2.33. The van der Waals surface area contributed by atoms with E-state index in [4.69, 9.17) is 14.2 Å². The van der Waals surface area contributed by atoms with Gasteiger partial charge in [-0.3, -0.25) is 9.69 Å². The number of aliphatic hydroxyl groups is 1. The van der Waals surface area contributed by atoms with Crippen LogP contribution in [0.25, 0.3) is 11.1 Å². The van der Waals surface area contributed by atoms with Crippen LogP contribution in [-0.4, -0.2) is 54.9 Å². The highest BCUT2D eigenvalue weighted by atomic mass is 16.7. The number of amides is 1. The summed E-state index contributed by atoms with van der Waals surface area (Å²) < 4.78 is 18.6. The van der Waals surface area contributed by atoms with Crippen LogP contribution < -0.4 is 5.32 Å². The van der Waals surface area contributed by atoms with Crippen LogP contribution in [0.5, 0.6) is 0 Å². The largest absolute Gasteiger partial charge is 0.392 e. The van der Waals surface area contributed by atoms with E-state index in [0.29, 0.717) is 12.1 Å². The molecule has 3 atom stereocenters. The molecule has 0 spiro atoms. The lowest BCUT2D eigenvalue weighted by molar-refractivity contribution is -0.253. The Labute approximate surface area is 253 Å². The molecule has 4 aromatic rings. The number of carbonyl (C=O) groups excluding carboxylic acids is 1. The highest BCUT2D eigenvalue weighted by molar-refractivity contribution is 5.94. The summed E-state index contributed by atoms with van der Waals surface area (Å²) in [6, 6.07) is 33.8. The molecular weight excluding hydrogens is 540 g/mol. The van der Waals surface area contributed by atoms with E-state index < -0.39 is 6.29 Å². The summed E-state index contributed by atoms with van der Waals surface area (Å²) >= 11 is 0. The standard InChI is InChI=1S/C36H38N2O5/c39-25-26-9-11-29(12-10-26)34-22-33(24-38-17-19-41-20-18-38)42-36(43-34)31-15-13-28(14-16-31)32-8-4-5-27(21-32)23-37-35(40)30-6-2-1-3-7-30/h1-16,21,33-34,36,39H,17-20,22-25H2,(H,37,40). The Bertz CT molecular complexity index is 1470. The van der Waals surface area contributed by atoms with Gasteiger partial charge in [-0.1, -0.05) is 84.9 Å². The number of nitrogens with zero attached hydrogens (tertiary/aromatic N) is 1. The predicted molar refractivity (Wildman–Crippen MR) is 165 cm³/mol. The second kappa shape index (κ2) is 14.1. The Morgan fingerprint density at radius 3 is 2.28 bits per heavy atom. The Hall–Kier alpha value is -3.85. The third-order valence-electron chi connectivity index (χ3n) is 8.11. The highest BCUT2D eigenvalue weighted by Crippen LogP contribution is 2.38. The second-order valence-corrected chi connectivity index (χ2v) is 11.1. The zero-order valence-corrected chi connectivity index (χ0v) is 24.2. The van der Waals surface area contributed by atoms with Crippen molar-refractivity contribution in [3.05, 3.63) is 131 Å². The van der Waals surface area contributed by atoms with E-state index in [1.165, 1.54) is 0 Å². The van der Waals surface area contributed by atoms with E-state index >= 15 is 0 Å². The fourth-order valence-corrected chi connectivity index (χ4v) is 5.67. The topological polar surface area (TPSA) is 80.3 Å². The normalized spacial score (nSPS) is 20.9. The lowest BCUT2D eigenvalue weighted by Gasteiger charge is -2.39. The maximum Gasteiger partial charge on any atom is 0.251 e. The van der Waals surface area contributed by atoms with Crippen LogP contribution in [0.15, 0.2) is 103 Å². The molecule has 0 radical (unpaired) electrons. The van der Waals surface area contributed by atoms with Crippen LogP contribution in [0.3, 0.4) is 0 Å². The zero-order chi connectivity index (χ0) is 29.4. The minimum absolute atomic E-state index is 0.0156. The molecule has 2 aliphatic rings. The zero-order valence-electron chi connectivity index (χ0n) is 24.2. The van der Waals surface area contributed by atoms with Crippen molar-refractivity contribution in [3.63, 3.8) is 0 Å². The van der Waals surface area contributed by atoms with Gasteiger partial charge in [0.2, 0.25) is 0 Å². The van der Waals surface area contributed by atoms with Gasteiger partial charge < -0.3 is 24.6 Å². The van der Waals surface area contributed by atoms with Crippen LogP contribution in [0.4, 0.5) is 0 Å². The summed E-state index contributed by atoms with van der Waals surface area (Å²) in [5.74, 6) is -0.0857. The average Bonchev–Trinajstić information content (AvgIpc) is 3.08. The van der Waals surface area contributed by atoms with Crippen molar-refractivity contribution >= 4 is 5.91 Å². The Balaban J connectivity index is 1.15. The van der Waals surface area contributed by atoms with Crippen molar-refractivity contribution in [3.8, 4) is 11.1 Å². The summed E-state index contributed by atoms with van der Waals surface area (Å²) in [5, 5.41) is 12.5. The molecule has 0 aliphatic carbocycles. The molecule has 4 aromatic carbocycles. The maximum atomic E-state index is 12.5. The number of aliphatic hydroxyl groups excluding tert-OH is 1. The van der Waals surface area contributed by atoms with Gasteiger partial charge >= 0.3 is 0 Å². The molecule has 2 aliphatic heterocycles. The molecule has 2 heterocycles. The molecule has 6 rings (SSSR count). The van der Waals surface area contributed by atoms with Crippen LogP contribution in [0, 0.1) is 0 Å². The van der Waals surface area contributed by atoms with Gasteiger partial charge in [0, 0.05) is 43.7 Å². The first kappa shape index (κ1) is 29.2. The summed E-state index contributed by atoms with van der Waals surface area (Å²) in [4.78, 5) is 14.9. The number of rotatable bonds is 9. The monoisotopic (exact) mass is 578 g/mol. The predicted octanol–water partition coefficient (Wildman–Crippen LogP) is 5.65. The van der Waals surface area contributed by atoms with Crippen molar-refractivity contribution in [2.45, 2.75) is 38.1 Å². The molecule has 0 bridgehead atoms. The average molecular weight is 579 g/mol. The molecule has 7 nitrogen and oxygen atoms in total. The van der Waals surface area contributed by atoms with Crippen molar-refractivity contribution < 1.29 is 24.1 Å². The summed E-state index contributed by atoms with van der Waals surface area (Å²) in [6.45, 7) is 4.63. The van der Waals surface area contributed by atoms with Crippen molar-refractivity contribution in [1.29, 1.82) is 0 Å². The first-order valence-corrected chi connectivity index (χ1v) is 15.0. The number of benzene rings is 4. The molecule has 222 valence electrons. The van der Waals surface area contributed by atoms with Crippen molar-refractivity contribution in [1.82, 2.24) is 10.2 Å². The molecular formula is C36H38N2O5. The van der Waals surface area contributed by atoms with E-state index in [1.807, 2.05) is 66.7 Å². The number of nitrogens with one attached hydrogen (secondary N) is 1. The summed E-state index contributed by atoms with van der Waals surface area (Å²) in [5.41, 5.74) is 6.79. The Morgan fingerprint density at radius 2 is 1.53 bits per heavy atom. The van der Waals surface area contributed by atoms with Gasteiger partial charge in [0.25, 0.3) is 5.91 Å². The molecule has 43 heavy (non-hydrogen) atoms. The molecule has 2 fully saturated rings. The van der Waals surface area contributed by atoms with Gasteiger partial charge in [-0.25, -0.2) is 0 Å². The third-order valence-corrected chi connectivity index (χ3v) is 8.11.